The maximum Gasteiger partial charge on any atom is 0.258 e. The molecule has 0 radical (unpaired) electrons. The van der Waals surface area contributed by atoms with Crippen molar-refractivity contribution in [1.82, 2.24) is 4.90 Å². The summed E-state index contributed by atoms with van der Waals surface area (Å²) in [7, 11) is 1.58. The van der Waals surface area contributed by atoms with Crippen LogP contribution in [0.2, 0.25) is 0 Å². The monoisotopic (exact) mass is 517 g/mol. The van der Waals surface area contributed by atoms with Crippen molar-refractivity contribution in [2.24, 2.45) is 5.92 Å². The number of hydrogen-bond acceptors (Lipinski definition) is 5. The second kappa shape index (κ2) is 12.5. The minimum atomic E-state index is -0.353. The number of para-hydroxylation sites is 2. The number of halogens is 1. The average molecular weight is 518 g/mol. The van der Waals surface area contributed by atoms with Crippen LogP contribution in [0.25, 0.3) is 0 Å². The van der Waals surface area contributed by atoms with E-state index in [1.807, 2.05) is 24.3 Å². The van der Waals surface area contributed by atoms with Crippen molar-refractivity contribution in [1.29, 1.82) is 0 Å². The van der Waals surface area contributed by atoms with Gasteiger partial charge in [-0.1, -0.05) is 12.1 Å². The SMILES string of the molecule is COc1ccccc1N(CCN1CCC(C(=O)c2ccc(F)cc2)CC1)C(=O)c1ccc(NC(C)=O)cc1. The highest BCUT2D eigenvalue weighted by molar-refractivity contribution is 6.07. The van der Waals surface area contributed by atoms with E-state index in [4.69, 9.17) is 4.74 Å². The number of hydrogen-bond donors (Lipinski definition) is 1. The van der Waals surface area contributed by atoms with Crippen molar-refractivity contribution in [3.63, 3.8) is 0 Å². The number of amides is 2. The highest BCUT2D eigenvalue weighted by Crippen LogP contribution is 2.30. The molecule has 0 aliphatic carbocycles. The zero-order valence-corrected chi connectivity index (χ0v) is 21.7. The summed E-state index contributed by atoms with van der Waals surface area (Å²) in [6.45, 7) is 3.96. The smallest absolute Gasteiger partial charge is 0.258 e. The molecule has 4 rings (SSSR count). The molecule has 0 atom stereocenters. The number of ketones is 1. The van der Waals surface area contributed by atoms with E-state index in [0.29, 0.717) is 54.2 Å². The number of methoxy groups -OCH3 is 1. The lowest BCUT2D eigenvalue weighted by atomic mass is 9.89. The number of nitrogens with zero attached hydrogens (tertiary/aromatic N) is 2. The fourth-order valence-electron chi connectivity index (χ4n) is 4.75. The summed E-state index contributed by atoms with van der Waals surface area (Å²) in [6, 6.07) is 19.9. The largest absolute Gasteiger partial charge is 0.495 e. The zero-order valence-electron chi connectivity index (χ0n) is 21.7. The lowest BCUT2D eigenvalue weighted by molar-refractivity contribution is -0.114. The maximum absolute atomic E-state index is 13.6. The Hall–Kier alpha value is -4.04. The molecule has 1 fully saturated rings. The molecule has 8 heteroatoms. The van der Waals surface area contributed by atoms with Gasteiger partial charge in [0.1, 0.15) is 11.6 Å². The van der Waals surface area contributed by atoms with Gasteiger partial charge in [0.15, 0.2) is 5.78 Å². The van der Waals surface area contributed by atoms with Crippen molar-refractivity contribution in [2.75, 3.05) is 43.5 Å². The summed E-state index contributed by atoms with van der Waals surface area (Å²) in [5, 5.41) is 2.71. The van der Waals surface area contributed by atoms with Gasteiger partial charge in [-0.3, -0.25) is 14.4 Å². The van der Waals surface area contributed by atoms with Crippen LogP contribution in [-0.4, -0.2) is 55.8 Å². The number of benzene rings is 3. The van der Waals surface area contributed by atoms with Gasteiger partial charge in [-0.25, -0.2) is 4.39 Å². The molecule has 0 unspecified atom stereocenters. The van der Waals surface area contributed by atoms with Crippen LogP contribution in [0.4, 0.5) is 15.8 Å². The Balaban J connectivity index is 1.43. The third kappa shape index (κ3) is 6.63. The molecule has 0 saturated carbocycles. The lowest BCUT2D eigenvalue weighted by Gasteiger charge is -2.33. The van der Waals surface area contributed by atoms with Gasteiger partial charge in [-0.2, -0.15) is 0 Å². The van der Waals surface area contributed by atoms with Gasteiger partial charge in [0.25, 0.3) is 5.91 Å². The molecule has 38 heavy (non-hydrogen) atoms. The van der Waals surface area contributed by atoms with Crippen molar-refractivity contribution < 1.29 is 23.5 Å². The van der Waals surface area contributed by atoms with Gasteiger partial charge < -0.3 is 19.9 Å². The zero-order chi connectivity index (χ0) is 27.1. The second-order valence-corrected chi connectivity index (χ2v) is 9.37. The van der Waals surface area contributed by atoms with Crippen LogP contribution < -0.4 is 15.0 Å². The summed E-state index contributed by atoms with van der Waals surface area (Å²) < 4.78 is 18.8. The van der Waals surface area contributed by atoms with Gasteiger partial charge in [-0.05, 0) is 86.6 Å². The van der Waals surface area contributed by atoms with Crippen LogP contribution in [0, 0.1) is 11.7 Å². The first-order chi connectivity index (χ1) is 18.4. The summed E-state index contributed by atoms with van der Waals surface area (Å²) >= 11 is 0. The molecule has 1 aliphatic rings. The lowest BCUT2D eigenvalue weighted by Crippen LogP contribution is -2.43. The van der Waals surface area contributed by atoms with E-state index in [1.54, 1.807) is 48.4 Å². The number of carbonyl (C=O) groups excluding carboxylic acids is 3. The third-order valence-corrected chi connectivity index (χ3v) is 6.80. The van der Waals surface area contributed by atoms with Crippen LogP contribution >= 0.6 is 0 Å². The summed E-state index contributed by atoms with van der Waals surface area (Å²) in [6.07, 6.45) is 1.42. The Morgan fingerprint density at radius 1 is 0.947 bits per heavy atom. The van der Waals surface area contributed by atoms with E-state index in [-0.39, 0.29) is 29.3 Å². The number of rotatable bonds is 9. The molecule has 3 aromatic carbocycles. The normalized spacial score (nSPS) is 14.1. The van der Waals surface area contributed by atoms with Crippen molar-refractivity contribution in [3.8, 4) is 5.75 Å². The molecular weight excluding hydrogens is 485 g/mol. The van der Waals surface area contributed by atoms with E-state index in [0.717, 1.165) is 13.1 Å². The van der Waals surface area contributed by atoms with Crippen LogP contribution in [0.15, 0.2) is 72.8 Å². The molecule has 0 bridgehead atoms. The predicted octanol–water partition coefficient (Wildman–Crippen LogP) is 5.03. The fourth-order valence-corrected chi connectivity index (χ4v) is 4.75. The van der Waals surface area contributed by atoms with E-state index in [2.05, 4.69) is 10.2 Å². The van der Waals surface area contributed by atoms with Gasteiger partial charge in [0.2, 0.25) is 5.91 Å². The number of Topliss-reactive ketones (excluding diaryl/α,β-unsaturated/α-hetero) is 1. The van der Waals surface area contributed by atoms with Crippen molar-refractivity contribution >= 4 is 29.0 Å². The standard InChI is InChI=1S/C30H32FN3O4/c1-21(35)32-26-13-9-24(10-14-26)30(37)34(27-5-3-4-6-28(27)38-2)20-19-33-17-15-23(16-18-33)29(36)22-7-11-25(31)12-8-22/h3-14,23H,15-20H2,1-2H3,(H,32,35). The number of anilines is 2. The Labute approximate surface area is 222 Å². The van der Waals surface area contributed by atoms with Gasteiger partial charge in [-0.15, -0.1) is 0 Å². The van der Waals surface area contributed by atoms with Crippen molar-refractivity contribution in [3.05, 3.63) is 89.7 Å². The average Bonchev–Trinajstić information content (AvgIpc) is 2.94. The molecule has 2 amide bonds. The van der Waals surface area contributed by atoms with Crippen molar-refractivity contribution in [2.45, 2.75) is 19.8 Å². The Bertz CT molecular complexity index is 1270. The minimum absolute atomic E-state index is 0.0539. The summed E-state index contributed by atoms with van der Waals surface area (Å²) in [4.78, 5) is 41.8. The molecule has 0 spiro atoms. The third-order valence-electron chi connectivity index (χ3n) is 6.80. The maximum atomic E-state index is 13.6. The molecule has 198 valence electrons. The first-order valence-corrected chi connectivity index (χ1v) is 12.7. The van der Waals surface area contributed by atoms with E-state index >= 15 is 0 Å². The van der Waals surface area contributed by atoms with Gasteiger partial charge >= 0.3 is 0 Å². The van der Waals surface area contributed by atoms with Crippen LogP contribution in [0.3, 0.4) is 0 Å². The Morgan fingerprint density at radius 3 is 2.21 bits per heavy atom. The number of nitrogens with one attached hydrogen (secondary N) is 1. The van der Waals surface area contributed by atoms with E-state index in [1.165, 1.54) is 19.1 Å². The first-order valence-electron chi connectivity index (χ1n) is 12.7. The molecular formula is C30H32FN3O4. The number of piperidine rings is 1. The van der Waals surface area contributed by atoms with E-state index < -0.39 is 0 Å². The number of likely N-dealkylation sites (tertiary alicyclic amines) is 1. The van der Waals surface area contributed by atoms with Crippen LogP contribution in [0.5, 0.6) is 5.75 Å². The quantitative estimate of drug-likeness (QED) is 0.403. The molecule has 1 saturated heterocycles. The molecule has 7 nitrogen and oxygen atoms in total. The molecule has 0 aromatic heterocycles. The first kappa shape index (κ1) is 27.0. The second-order valence-electron chi connectivity index (χ2n) is 9.37. The molecule has 3 aromatic rings. The van der Waals surface area contributed by atoms with E-state index in [9.17, 15) is 18.8 Å². The summed E-state index contributed by atoms with van der Waals surface area (Å²) in [5.74, 6) is -0.148. The topological polar surface area (TPSA) is 79.0 Å². The summed E-state index contributed by atoms with van der Waals surface area (Å²) in [5.41, 5.74) is 2.33. The fraction of sp³-hybridized carbons (Fsp3) is 0.300. The molecule has 1 aliphatic heterocycles. The number of ether oxygens (including phenoxy) is 1. The Kier molecular flexibility index (Phi) is 8.86. The molecule has 1 N–H and O–H groups in total. The number of carbonyl (C=O) groups is 3. The highest BCUT2D eigenvalue weighted by atomic mass is 19.1. The highest BCUT2D eigenvalue weighted by Gasteiger charge is 2.27. The Morgan fingerprint density at radius 2 is 1.58 bits per heavy atom. The predicted molar refractivity (Wildman–Crippen MR) is 145 cm³/mol. The van der Waals surface area contributed by atoms with Crippen LogP contribution in [-0.2, 0) is 4.79 Å². The minimum Gasteiger partial charge on any atom is -0.495 e. The van der Waals surface area contributed by atoms with Crippen LogP contribution in [0.1, 0.15) is 40.5 Å². The van der Waals surface area contributed by atoms with Gasteiger partial charge in [0.05, 0.1) is 12.8 Å². The molecule has 1 heterocycles. The van der Waals surface area contributed by atoms with Gasteiger partial charge in [0, 0.05) is 42.7 Å².